The van der Waals surface area contributed by atoms with Gasteiger partial charge >= 0.3 is 0 Å². The van der Waals surface area contributed by atoms with Gasteiger partial charge in [0.05, 0.1) is 5.02 Å². The Morgan fingerprint density at radius 3 is 3.06 bits per heavy atom. The first-order valence-corrected chi connectivity index (χ1v) is 6.94. The summed E-state index contributed by atoms with van der Waals surface area (Å²) in [6.45, 7) is 7.31. The molecule has 1 aromatic rings. The van der Waals surface area contributed by atoms with Crippen molar-refractivity contribution in [2.75, 3.05) is 26.2 Å². The Balaban J connectivity index is 1.77. The van der Waals surface area contributed by atoms with Crippen LogP contribution in [0.2, 0.25) is 5.02 Å². The standard InChI is InChI=1S/C14H20ClFN2/c1-2-18-7-6-11(10-18)8-17-9-12-4-3-5-13(16)14(12)15/h3-5,11,17H,2,6-10H2,1H3. The molecule has 2 nitrogen and oxygen atoms in total. The fourth-order valence-electron chi connectivity index (χ4n) is 2.46. The third kappa shape index (κ3) is 3.44. The summed E-state index contributed by atoms with van der Waals surface area (Å²) in [5, 5.41) is 3.62. The quantitative estimate of drug-likeness (QED) is 0.885. The molecule has 0 spiro atoms. The molecule has 0 aromatic heterocycles. The van der Waals surface area contributed by atoms with E-state index in [0.717, 1.165) is 18.7 Å². The topological polar surface area (TPSA) is 15.3 Å². The first-order chi connectivity index (χ1) is 8.70. The molecule has 1 aliphatic rings. The molecule has 1 unspecified atom stereocenters. The van der Waals surface area contributed by atoms with Crippen molar-refractivity contribution in [1.82, 2.24) is 10.2 Å². The van der Waals surface area contributed by atoms with E-state index in [-0.39, 0.29) is 10.8 Å². The second kappa shape index (κ2) is 6.50. The summed E-state index contributed by atoms with van der Waals surface area (Å²) in [6, 6.07) is 4.96. The van der Waals surface area contributed by atoms with Crippen molar-refractivity contribution in [3.05, 3.63) is 34.6 Å². The lowest BCUT2D eigenvalue weighted by Gasteiger charge is -2.14. The molecule has 0 bridgehead atoms. The van der Waals surface area contributed by atoms with Crippen LogP contribution in [0.5, 0.6) is 0 Å². The van der Waals surface area contributed by atoms with Gasteiger partial charge in [-0.3, -0.25) is 0 Å². The first kappa shape index (κ1) is 13.8. The number of hydrogen-bond donors (Lipinski definition) is 1. The van der Waals surface area contributed by atoms with E-state index in [1.807, 2.05) is 6.07 Å². The molecule has 0 aliphatic carbocycles. The summed E-state index contributed by atoms with van der Waals surface area (Å²) in [4.78, 5) is 2.46. The van der Waals surface area contributed by atoms with E-state index in [0.29, 0.717) is 12.5 Å². The Bertz CT molecular complexity index is 397. The van der Waals surface area contributed by atoms with Crippen LogP contribution in [0.3, 0.4) is 0 Å². The van der Waals surface area contributed by atoms with Gasteiger partial charge in [0, 0.05) is 13.1 Å². The molecule has 0 saturated carbocycles. The maximum absolute atomic E-state index is 13.2. The van der Waals surface area contributed by atoms with Gasteiger partial charge in [0.25, 0.3) is 0 Å². The zero-order chi connectivity index (χ0) is 13.0. The van der Waals surface area contributed by atoms with Gasteiger partial charge in [0.2, 0.25) is 0 Å². The summed E-state index contributed by atoms with van der Waals surface area (Å²) in [5.41, 5.74) is 0.835. The minimum Gasteiger partial charge on any atom is -0.312 e. The van der Waals surface area contributed by atoms with Gasteiger partial charge in [0.15, 0.2) is 0 Å². The van der Waals surface area contributed by atoms with Gasteiger partial charge in [-0.1, -0.05) is 30.7 Å². The number of benzene rings is 1. The second-order valence-corrected chi connectivity index (χ2v) is 5.27. The Kier molecular flexibility index (Phi) is 4.98. The number of nitrogens with one attached hydrogen (secondary N) is 1. The van der Waals surface area contributed by atoms with E-state index >= 15 is 0 Å². The normalized spacial score (nSPS) is 20.5. The highest BCUT2D eigenvalue weighted by molar-refractivity contribution is 6.31. The molecular formula is C14H20ClFN2. The number of likely N-dealkylation sites (tertiary alicyclic amines) is 1. The third-order valence-electron chi connectivity index (χ3n) is 3.60. The van der Waals surface area contributed by atoms with E-state index in [4.69, 9.17) is 11.6 Å². The molecule has 1 atom stereocenters. The Morgan fingerprint density at radius 1 is 1.50 bits per heavy atom. The van der Waals surface area contributed by atoms with Gasteiger partial charge in [-0.15, -0.1) is 0 Å². The molecule has 4 heteroatoms. The van der Waals surface area contributed by atoms with Crippen molar-refractivity contribution in [3.8, 4) is 0 Å². The van der Waals surface area contributed by atoms with E-state index < -0.39 is 0 Å². The van der Waals surface area contributed by atoms with Crippen LogP contribution < -0.4 is 5.32 Å². The number of nitrogens with zero attached hydrogens (tertiary/aromatic N) is 1. The van der Waals surface area contributed by atoms with Crippen molar-refractivity contribution in [2.24, 2.45) is 5.92 Å². The lowest BCUT2D eigenvalue weighted by Crippen LogP contribution is -2.26. The fourth-order valence-corrected chi connectivity index (χ4v) is 2.66. The largest absolute Gasteiger partial charge is 0.312 e. The van der Waals surface area contributed by atoms with E-state index in [9.17, 15) is 4.39 Å². The van der Waals surface area contributed by atoms with E-state index in [1.165, 1.54) is 25.6 Å². The van der Waals surface area contributed by atoms with Crippen molar-refractivity contribution < 1.29 is 4.39 Å². The van der Waals surface area contributed by atoms with Crippen molar-refractivity contribution in [3.63, 3.8) is 0 Å². The van der Waals surface area contributed by atoms with Crippen LogP contribution in [0.25, 0.3) is 0 Å². The highest BCUT2D eigenvalue weighted by Crippen LogP contribution is 2.20. The number of rotatable bonds is 5. The SMILES string of the molecule is CCN1CCC(CNCc2cccc(F)c2Cl)C1. The van der Waals surface area contributed by atoms with Crippen LogP contribution in [0.15, 0.2) is 18.2 Å². The second-order valence-electron chi connectivity index (χ2n) is 4.89. The summed E-state index contributed by atoms with van der Waals surface area (Å²) in [7, 11) is 0. The highest BCUT2D eigenvalue weighted by Gasteiger charge is 2.20. The molecule has 1 fully saturated rings. The molecule has 1 heterocycles. The van der Waals surface area contributed by atoms with Crippen LogP contribution >= 0.6 is 11.6 Å². The predicted octanol–water partition coefficient (Wildman–Crippen LogP) is 2.91. The fraction of sp³-hybridized carbons (Fsp3) is 0.571. The zero-order valence-corrected chi connectivity index (χ0v) is 11.5. The van der Waals surface area contributed by atoms with E-state index in [2.05, 4.69) is 17.1 Å². The lowest BCUT2D eigenvalue weighted by molar-refractivity contribution is 0.339. The predicted molar refractivity (Wildman–Crippen MR) is 73.3 cm³/mol. The van der Waals surface area contributed by atoms with Crippen molar-refractivity contribution >= 4 is 11.6 Å². The molecule has 1 aromatic carbocycles. The minimum absolute atomic E-state index is 0.242. The van der Waals surface area contributed by atoms with Gasteiger partial charge in [-0.05, 0) is 43.6 Å². The summed E-state index contributed by atoms with van der Waals surface area (Å²) in [5.74, 6) is 0.367. The van der Waals surface area contributed by atoms with E-state index in [1.54, 1.807) is 6.07 Å². The van der Waals surface area contributed by atoms with Crippen molar-refractivity contribution in [2.45, 2.75) is 19.9 Å². The Hall–Kier alpha value is -0.640. The van der Waals surface area contributed by atoms with Gasteiger partial charge in [-0.25, -0.2) is 4.39 Å². The smallest absolute Gasteiger partial charge is 0.142 e. The number of hydrogen-bond acceptors (Lipinski definition) is 2. The molecule has 1 saturated heterocycles. The monoisotopic (exact) mass is 270 g/mol. The van der Waals surface area contributed by atoms with Crippen LogP contribution in [0.4, 0.5) is 4.39 Å². The number of halogens is 2. The Morgan fingerprint density at radius 2 is 2.33 bits per heavy atom. The molecule has 2 rings (SSSR count). The third-order valence-corrected chi connectivity index (χ3v) is 4.02. The molecule has 18 heavy (non-hydrogen) atoms. The van der Waals surface area contributed by atoms with Crippen LogP contribution in [-0.2, 0) is 6.54 Å². The average molecular weight is 271 g/mol. The maximum Gasteiger partial charge on any atom is 0.142 e. The summed E-state index contributed by atoms with van der Waals surface area (Å²) >= 11 is 5.91. The molecule has 0 radical (unpaired) electrons. The molecular weight excluding hydrogens is 251 g/mol. The molecule has 1 aliphatic heterocycles. The summed E-state index contributed by atoms with van der Waals surface area (Å²) < 4.78 is 13.2. The highest BCUT2D eigenvalue weighted by atomic mass is 35.5. The van der Waals surface area contributed by atoms with Gasteiger partial charge in [0.1, 0.15) is 5.82 Å². The average Bonchev–Trinajstić information content (AvgIpc) is 2.82. The minimum atomic E-state index is -0.339. The maximum atomic E-state index is 13.2. The Labute approximate surface area is 113 Å². The molecule has 0 amide bonds. The van der Waals surface area contributed by atoms with Crippen LogP contribution in [-0.4, -0.2) is 31.1 Å². The van der Waals surface area contributed by atoms with Crippen LogP contribution in [0, 0.1) is 11.7 Å². The molecule has 100 valence electrons. The van der Waals surface area contributed by atoms with Crippen LogP contribution in [0.1, 0.15) is 18.9 Å². The van der Waals surface area contributed by atoms with Crippen molar-refractivity contribution in [1.29, 1.82) is 0 Å². The lowest BCUT2D eigenvalue weighted by atomic mass is 10.1. The van der Waals surface area contributed by atoms with Gasteiger partial charge in [-0.2, -0.15) is 0 Å². The summed E-state index contributed by atoms with van der Waals surface area (Å²) in [6.07, 6.45) is 1.25. The van der Waals surface area contributed by atoms with Gasteiger partial charge < -0.3 is 10.2 Å². The molecule has 1 N–H and O–H groups in total. The first-order valence-electron chi connectivity index (χ1n) is 6.56. The zero-order valence-electron chi connectivity index (χ0n) is 10.8.